The summed E-state index contributed by atoms with van der Waals surface area (Å²) in [6, 6.07) is 5.47. The van der Waals surface area contributed by atoms with Gasteiger partial charge in [0.2, 0.25) is 5.82 Å². The van der Waals surface area contributed by atoms with Crippen molar-refractivity contribution in [3.63, 3.8) is 0 Å². The molecule has 160 valence electrons. The van der Waals surface area contributed by atoms with Gasteiger partial charge >= 0.3 is 5.69 Å². The van der Waals surface area contributed by atoms with Gasteiger partial charge in [0.15, 0.2) is 35.6 Å². The zero-order chi connectivity index (χ0) is 22.0. The molecule has 1 amide bonds. The maximum Gasteiger partial charge on any atom is 0.310 e. The quantitative estimate of drug-likeness (QED) is 0.239. The first-order chi connectivity index (χ1) is 14.2. The lowest BCUT2D eigenvalue weighted by atomic mass is 10.2. The number of rotatable bonds is 5. The van der Waals surface area contributed by atoms with Crippen LogP contribution in [0, 0.1) is 39.2 Å². The van der Waals surface area contributed by atoms with Crippen LogP contribution in [0.15, 0.2) is 24.3 Å². The molecule has 0 aliphatic carbocycles. The van der Waals surface area contributed by atoms with Crippen LogP contribution in [0.5, 0.6) is 5.75 Å². The van der Waals surface area contributed by atoms with Gasteiger partial charge in [0, 0.05) is 32.2 Å². The number of carbonyl (C=O) groups is 1. The van der Waals surface area contributed by atoms with Crippen molar-refractivity contribution < 1.29 is 36.4 Å². The molecule has 0 atom stereocenters. The average molecular weight is 431 g/mol. The van der Waals surface area contributed by atoms with E-state index < -0.39 is 52.2 Å². The molecule has 1 fully saturated rings. The third kappa shape index (κ3) is 3.98. The fraction of sp³-hybridized carbons (Fsp3) is 0.278. The van der Waals surface area contributed by atoms with Crippen LogP contribution in [0.3, 0.4) is 0 Å². The Morgan fingerprint density at radius 2 is 1.47 bits per heavy atom. The highest BCUT2D eigenvalue weighted by Gasteiger charge is 2.31. The summed E-state index contributed by atoms with van der Waals surface area (Å²) in [4.78, 5) is 24.8. The van der Waals surface area contributed by atoms with Crippen LogP contribution in [0.25, 0.3) is 0 Å². The van der Waals surface area contributed by atoms with Crippen LogP contribution in [-0.2, 0) is 4.79 Å². The minimum atomic E-state index is -2.24. The summed E-state index contributed by atoms with van der Waals surface area (Å²) in [5.41, 5.74) is -1.36. The smallest absolute Gasteiger partial charge is 0.310 e. The van der Waals surface area contributed by atoms with Crippen LogP contribution in [0.1, 0.15) is 0 Å². The molecule has 7 nitrogen and oxygen atoms in total. The molecule has 1 aliphatic rings. The molecule has 0 spiro atoms. The molecular formula is C18H14F5N3O4. The Bertz CT molecular complexity index is 967. The number of ether oxygens (including phenoxy) is 1. The van der Waals surface area contributed by atoms with Gasteiger partial charge in [-0.15, -0.1) is 0 Å². The van der Waals surface area contributed by atoms with Crippen LogP contribution in [-0.4, -0.2) is 48.5 Å². The molecule has 2 aromatic carbocycles. The number of amides is 1. The lowest BCUT2D eigenvalue weighted by molar-refractivity contribution is -0.385. The van der Waals surface area contributed by atoms with Gasteiger partial charge in [0.05, 0.1) is 4.92 Å². The van der Waals surface area contributed by atoms with Gasteiger partial charge in [-0.2, -0.15) is 0 Å². The summed E-state index contributed by atoms with van der Waals surface area (Å²) in [5, 5.41) is 10.9. The van der Waals surface area contributed by atoms with Crippen molar-refractivity contribution in [1.82, 2.24) is 4.90 Å². The summed E-state index contributed by atoms with van der Waals surface area (Å²) in [7, 11) is 0. The summed E-state index contributed by atoms with van der Waals surface area (Å²) in [5.74, 6) is -10.9. The minimum absolute atomic E-state index is 0.0709. The Kier molecular flexibility index (Phi) is 6.04. The molecule has 0 radical (unpaired) electrons. The van der Waals surface area contributed by atoms with E-state index in [1.54, 1.807) is 0 Å². The molecule has 1 saturated heterocycles. The van der Waals surface area contributed by atoms with E-state index in [0.717, 1.165) is 4.90 Å². The fourth-order valence-electron chi connectivity index (χ4n) is 3.01. The maximum atomic E-state index is 13.9. The van der Waals surface area contributed by atoms with Gasteiger partial charge in [-0.3, -0.25) is 14.9 Å². The fourth-order valence-corrected chi connectivity index (χ4v) is 3.01. The summed E-state index contributed by atoms with van der Waals surface area (Å²) >= 11 is 0. The molecular weight excluding hydrogens is 417 g/mol. The molecule has 30 heavy (non-hydrogen) atoms. The third-order valence-corrected chi connectivity index (χ3v) is 4.55. The first kappa shape index (κ1) is 21.3. The standard InChI is InChI=1S/C18H14F5N3O4/c19-13-14(20)16(22)18(17(23)15(13)21)25-7-5-24(6-8-25)12(27)9-30-11-4-2-1-3-10(11)26(28)29/h1-4H,5-9H2. The van der Waals surface area contributed by atoms with E-state index >= 15 is 0 Å². The number of hydrogen-bond donors (Lipinski definition) is 0. The second kappa shape index (κ2) is 8.51. The number of anilines is 1. The Balaban J connectivity index is 1.64. The second-order valence-corrected chi connectivity index (χ2v) is 6.30. The monoisotopic (exact) mass is 431 g/mol. The number of nitro benzene ring substituents is 1. The van der Waals surface area contributed by atoms with Gasteiger partial charge in [-0.1, -0.05) is 12.1 Å². The molecule has 3 rings (SSSR count). The highest BCUT2D eigenvalue weighted by atomic mass is 19.2. The second-order valence-electron chi connectivity index (χ2n) is 6.30. The Morgan fingerprint density at radius 3 is 2.03 bits per heavy atom. The molecule has 0 bridgehead atoms. The van der Waals surface area contributed by atoms with Crippen LogP contribution in [0.4, 0.5) is 33.3 Å². The predicted molar refractivity (Wildman–Crippen MR) is 93.6 cm³/mol. The average Bonchev–Trinajstić information content (AvgIpc) is 2.75. The van der Waals surface area contributed by atoms with E-state index in [2.05, 4.69) is 0 Å². The molecule has 0 unspecified atom stereocenters. The van der Waals surface area contributed by atoms with Gasteiger partial charge in [-0.25, -0.2) is 22.0 Å². The molecule has 12 heteroatoms. The third-order valence-electron chi connectivity index (χ3n) is 4.55. The predicted octanol–water partition coefficient (Wildman–Crippen LogP) is 3.02. The van der Waals surface area contributed by atoms with E-state index in [-0.39, 0.29) is 37.6 Å². The summed E-state index contributed by atoms with van der Waals surface area (Å²) in [6.45, 7) is -1.03. The Morgan fingerprint density at radius 1 is 0.933 bits per heavy atom. The summed E-state index contributed by atoms with van der Waals surface area (Å²) in [6.07, 6.45) is 0. The van der Waals surface area contributed by atoms with Crippen molar-refractivity contribution in [2.24, 2.45) is 0 Å². The molecule has 0 N–H and O–H groups in total. The number of nitrogens with zero attached hydrogens (tertiary/aromatic N) is 3. The van der Waals surface area contributed by atoms with Crippen molar-refractivity contribution in [1.29, 1.82) is 0 Å². The molecule has 0 aromatic heterocycles. The first-order valence-corrected chi connectivity index (χ1v) is 8.62. The Hall–Kier alpha value is -3.44. The maximum absolute atomic E-state index is 13.9. The van der Waals surface area contributed by atoms with Crippen molar-refractivity contribution >= 4 is 17.3 Å². The van der Waals surface area contributed by atoms with Gasteiger partial charge in [0.25, 0.3) is 5.91 Å². The SMILES string of the molecule is O=C(COc1ccccc1[N+](=O)[O-])N1CCN(c2c(F)c(F)c(F)c(F)c2F)CC1. The van der Waals surface area contributed by atoms with E-state index in [1.165, 1.54) is 29.2 Å². The highest BCUT2D eigenvalue weighted by Crippen LogP contribution is 2.31. The zero-order valence-corrected chi connectivity index (χ0v) is 15.2. The van der Waals surface area contributed by atoms with Crippen LogP contribution < -0.4 is 9.64 Å². The van der Waals surface area contributed by atoms with E-state index in [9.17, 15) is 36.9 Å². The van der Waals surface area contributed by atoms with Crippen molar-refractivity contribution in [2.45, 2.75) is 0 Å². The van der Waals surface area contributed by atoms with Gasteiger partial charge < -0.3 is 14.5 Å². The van der Waals surface area contributed by atoms with E-state index in [4.69, 9.17) is 4.74 Å². The van der Waals surface area contributed by atoms with Crippen LogP contribution >= 0.6 is 0 Å². The topological polar surface area (TPSA) is 75.9 Å². The largest absolute Gasteiger partial charge is 0.477 e. The van der Waals surface area contributed by atoms with Gasteiger partial charge in [0.1, 0.15) is 5.69 Å². The number of piperazine rings is 1. The Labute approximate surface area is 166 Å². The lowest BCUT2D eigenvalue weighted by Crippen LogP contribution is -2.50. The molecule has 1 aliphatic heterocycles. The van der Waals surface area contributed by atoms with Crippen LogP contribution in [0.2, 0.25) is 0 Å². The number of para-hydroxylation sites is 2. The number of nitro groups is 1. The first-order valence-electron chi connectivity index (χ1n) is 8.62. The minimum Gasteiger partial charge on any atom is -0.477 e. The van der Waals surface area contributed by atoms with E-state index in [0.29, 0.717) is 0 Å². The number of hydrogen-bond acceptors (Lipinski definition) is 5. The van der Waals surface area contributed by atoms with Gasteiger partial charge in [-0.05, 0) is 6.07 Å². The summed E-state index contributed by atoms with van der Waals surface area (Å²) < 4.78 is 73.0. The molecule has 0 saturated carbocycles. The lowest BCUT2D eigenvalue weighted by Gasteiger charge is -2.36. The highest BCUT2D eigenvalue weighted by molar-refractivity contribution is 5.78. The number of carbonyl (C=O) groups excluding carboxylic acids is 1. The van der Waals surface area contributed by atoms with Crippen molar-refractivity contribution in [3.05, 3.63) is 63.5 Å². The van der Waals surface area contributed by atoms with Crippen molar-refractivity contribution in [2.75, 3.05) is 37.7 Å². The number of benzene rings is 2. The zero-order valence-electron chi connectivity index (χ0n) is 15.2. The number of halogens is 5. The normalized spacial score (nSPS) is 14.0. The van der Waals surface area contributed by atoms with E-state index in [1.807, 2.05) is 0 Å². The molecule has 1 heterocycles. The van der Waals surface area contributed by atoms with Crippen molar-refractivity contribution in [3.8, 4) is 5.75 Å². The molecule has 2 aromatic rings.